The Hall–Kier alpha value is -1.58. The van der Waals surface area contributed by atoms with E-state index in [4.69, 9.17) is 27.9 Å². The van der Waals surface area contributed by atoms with Crippen molar-refractivity contribution in [1.29, 1.82) is 0 Å². The number of hydrogen-bond donors (Lipinski definition) is 0. The van der Waals surface area contributed by atoms with E-state index in [9.17, 15) is 4.79 Å². The van der Waals surface area contributed by atoms with Gasteiger partial charge in [-0.05, 0) is 49.4 Å². The highest BCUT2D eigenvalue weighted by Gasteiger charge is 2.37. The minimum atomic E-state index is -0.392. The van der Waals surface area contributed by atoms with E-state index in [0.717, 1.165) is 11.1 Å². The third kappa shape index (κ3) is 4.46. The second kappa shape index (κ2) is 7.80. The number of halogens is 2. The van der Waals surface area contributed by atoms with Crippen LogP contribution in [-0.4, -0.2) is 12.7 Å². The summed E-state index contributed by atoms with van der Waals surface area (Å²) in [6, 6.07) is 7.33. The Labute approximate surface area is 146 Å². The topological polar surface area (TPSA) is 38.7 Å². The molecule has 0 bridgehead atoms. The van der Waals surface area contributed by atoms with Crippen LogP contribution in [0, 0.1) is 11.8 Å². The molecule has 3 nitrogen and oxygen atoms in total. The number of ether oxygens (including phenoxy) is 1. The van der Waals surface area contributed by atoms with Crippen LogP contribution in [0.4, 0.5) is 0 Å². The first-order valence-corrected chi connectivity index (χ1v) is 8.13. The van der Waals surface area contributed by atoms with Crippen LogP contribution in [0.5, 0.6) is 0 Å². The van der Waals surface area contributed by atoms with Gasteiger partial charge in [0, 0.05) is 22.2 Å². The van der Waals surface area contributed by atoms with Crippen LogP contribution in [0.25, 0.3) is 0 Å². The number of rotatable bonds is 4. The summed E-state index contributed by atoms with van der Waals surface area (Å²) in [6.45, 7) is 7.19. The van der Waals surface area contributed by atoms with Gasteiger partial charge in [0.2, 0.25) is 0 Å². The van der Waals surface area contributed by atoms with Crippen molar-refractivity contribution in [2.24, 2.45) is 16.8 Å². The number of cyclic esters (lactones) is 1. The van der Waals surface area contributed by atoms with Crippen molar-refractivity contribution in [3.63, 3.8) is 0 Å². The fourth-order valence-electron chi connectivity index (χ4n) is 2.76. The highest BCUT2D eigenvalue weighted by Crippen LogP contribution is 2.41. The van der Waals surface area contributed by atoms with Crippen LogP contribution >= 0.6 is 23.2 Å². The molecule has 0 spiro atoms. The molecule has 0 aromatic heterocycles. The van der Waals surface area contributed by atoms with E-state index in [1.807, 2.05) is 25.1 Å². The fourth-order valence-corrected chi connectivity index (χ4v) is 3.01. The molecule has 1 heterocycles. The summed E-state index contributed by atoms with van der Waals surface area (Å²) in [5, 5.41) is 1.28. The van der Waals surface area contributed by atoms with Gasteiger partial charge in [-0.1, -0.05) is 42.3 Å². The van der Waals surface area contributed by atoms with Crippen molar-refractivity contribution in [3.05, 3.63) is 57.7 Å². The van der Waals surface area contributed by atoms with Crippen molar-refractivity contribution < 1.29 is 9.53 Å². The van der Waals surface area contributed by atoms with E-state index >= 15 is 0 Å². The molecule has 1 fully saturated rings. The van der Waals surface area contributed by atoms with Gasteiger partial charge in [0.25, 0.3) is 0 Å². The summed E-state index contributed by atoms with van der Waals surface area (Å²) in [7, 11) is 0. The number of aliphatic imine (C=N–C) groups is 1. The number of esters is 1. The predicted octanol–water partition coefficient (Wildman–Crippen LogP) is 5.31. The molecule has 0 saturated carbocycles. The molecule has 1 aliphatic heterocycles. The van der Waals surface area contributed by atoms with Gasteiger partial charge in [0.05, 0.1) is 5.92 Å². The highest BCUT2D eigenvalue weighted by molar-refractivity contribution is 6.30. The van der Waals surface area contributed by atoms with E-state index < -0.39 is 6.10 Å². The Balaban J connectivity index is 2.44. The zero-order chi connectivity index (χ0) is 17.0. The predicted molar refractivity (Wildman–Crippen MR) is 94.8 cm³/mol. The molecule has 1 aromatic carbocycles. The van der Waals surface area contributed by atoms with Gasteiger partial charge in [-0.15, -0.1) is 0 Å². The minimum Gasteiger partial charge on any atom is -0.457 e. The fraction of sp³-hybridized carbons (Fsp3) is 0.333. The molecule has 3 atom stereocenters. The normalized spacial score (nSPS) is 25.9. The monoisotopic (exact) mass is 351 g/mol. The second-order valence-electron chi connectivity index (χ2n) is 5.70. The van der Waals surface area contributed by atoms with Crippen molar-refractivity contribution in [2.75, 3.05) is 0 Å². The summed E-state index contributed by atoms with van der Waals surface area (Å²) in [5.74, 6) is -0.414. The van der Waals surface area contributed by atoms with Gasteiger partial charge >= 0.3 is 5.97 Å². The van der Waals surface area contributed by atoms with E-state index in [1.165, 1.54) is 0 Å². The molecule has 122 valence electrons. The van der Waals surface area contributed by atoms with Crippen LogP contribution < -0.4 is 0 Å². The number of benzene rings is 1. The van der Waals surface area contributed by atoms with Gasteiger partial charge in [0.1, 0.15) is 6.10 Å². The van der Waals surface area contributed by atoms with E-state index in [0.29, 0.717) is 16.5 Å². The maximum atomic E-state index is 12.0. The summed E-state index contributed by atoms with van der Waals surface area (Å²) in [5.41, 5.74) is 1.79. The molecule has 1 unspecified atom stereocenters. The lowest BCUT2D eigenvalue weighted by atomic mass is 9.80. The maximum absolute atomic E-state index is 12.0. The average Bonchev–Trinajstić information content (AvgIpc) is 2.49. The van der Waals surface area contributed by atoms with Crippen molar-refractivity contribution in [3.8, 4) is 0 Å². The second-order valence-corrected chi connectivity index (χ2v) is 6.73. The maximum Gasteiger partial charge on any atom is 0.309 e. The number of nitrogens with zero attached hydrogens (tertiary/aromatic N) is 1. The third-order valence-electron chi connectivity index (χ3n) is 3.85. The molecule has 0 aliphatic carbocycles. The lowest BCUT2D eigenvalue weighted by Crippen LogP contribution is -2.32. The first kappa shape index (κ1) is 17.8. The standard InChI is InChI=1S/C18H19Cl2NO2/c1-11-8-16(14(10-21-3)9-12(2)19)17(23-18(11)22)13-4-6-15(20)7-5-13/h4-7,9-11,16-17H,3,8H2,1-2H3/b12-9+,14-10+/t11?,16-,17+/m1/s1. The first-order chi connectivity index (χ1) is 10.9. The molecule has 0 amide bonds. The quantitative estimate of drug-likeness (QED) is 0.419. The van der Waals surface area contributed by atoms with Crippen LogP contribution in [-0.2, 0) is 9.53 Å². The summed E-state index contributed by atoms with van der Waals surface area (Å²) in [6.07, 6.45) is 3.78. The highest BCUT2D eigenvalue weighted by atomic mass is 35.5. The van der Waals surface area contributed by atoms with Crippen LogP contribution in [0.1, 0.15) is 31.9 Å². The third-order valence-corrected chi connectivity index (χ3v) is 4.21. The van der Waals surface area contributed by atoms with E-state index in [1.54, 1.807) is 25.3 Å². The van der Waals surface area contributed by atoms with Gasteiger partial charge in [-0.3, -0.25) is 9.79 Å². The molecule has 2 rings (SSSR count). The molecule has 5 heteroatoms. The number of carbonyl (C=O) groups excluding carboxylic acids is 1. The largest absolute Gasteiger partial charge is 0.457 e. The van der Waals surface area contributed by atoms with Gasteiger partial charge < -0.3 is 4.74 Å². The minimum absolute atomic E-state index is 0.0388. The zero-order valence-corrected chi connectivity index (χ0v) is 14.6. The molecule has 1 saturated heterocycles. The van der Waals surface area contributed by atoms with Gasteiger partial charge in [-0.25, -0.2) is 0 Å². The molecule has 1 aromatic rings. The van der Waals surface area contributed by atoms with Gasteiger partial charge in [-0.2, -0.15) is 0 Å². The van der Waals surface area contributed by atoms with Crippen molar-refractivity contribution in [1.82, 2.24) is 0 Å². The Morgan fingerprint density at radius 2 is 2.04 bits per heavy atom. The van der Waals surface area contributed by atoms with Crippen LogP contribution in [0.15, 0.2) is 52.1 Å². The van der Waals surface area contributed by atoms with Crippen molar-refractivity contribution >= 4 is 35.9 Å². The smallest absolute Gasteiger partial charge is 0.309 e. The van der Waals surface area contributed by atoms with E-state index in [2.05, 4.69) is 11.7 Å². The molecule has 23 heavy (non-hydrogen) atoms. The van der Waals surface area contributed by atoms with Crippen LogP contribution in [0.2, 0.25) is 5.02 Å². The summed E-state index contributed by atoms with van der Waals surface area (Å²) >= 11 is 12.0. The van der Waals surface area contributed by atoms with E-state index in [-0.39, 0.29) is 17.8 Å². The number of hydrogen-bond acceptors (Lipinski definition) is 3. The zero-order valence-electron chi connectivity index (χ0n) is 13.1. The Kier molecular flexibility index (Phi) is 6.03. The number of allylic oxidation sites excluding steroid dienone is 2. The Morgan fingerprint density at radius 3 is 2.61 bits per heavy atom. The average molecular weight is 352 g/mol. The Bertz CT molecular complexity index is 645. The SMILES string of the molecule is C=N/C=C(\C=C(/C)Cl)[C@H]1CC(C)C(=O)O[C@H]1c1ccc(Cl)cc1. The molecule has 0 radical (unpaired) electrons. The summed E-state index contributed by atoms with van der Waals surface area (Å²) < 4.78 is 5.69. The summed E-state index contributed by atoms with van der Waals surface area (Å²) in [4.78, 5) is 15.9. The lowest BCUT2D eigenvalue weighted by Gasteiger charge is -2.35. The molecular weight excluding hydrogens is 333 g/mol. The van der Waals surface area contributed by atoms with Crippen LogP contribution in [0.3, 0.4) is 0 Å². The van der Waals surface area contributed by atoms with Gasteiger partial charge in [0.15, 0.2) is 0 Å². The Morgan fingerprint density at radius 1 is 1.39 bits per heavy atom. The molecule has 1 aliphatic rings. The first-order valence-electron chi connectivity index (χ1n) is 7.38. The number of carbonyl (C=O) groups is 1. The van der Waals surface area contributed by atoms with Crippen molar-refractivity contribution in [2.45, 2.75) is 26.4 Å². The molecular formula is C18H19Cl2NO2. The molecule has 0 N–H and O–H groups in total. The lowest BCUT2D eigenvalue weighted by molar-refractivity contribution is -0.163.